The van der Waals surface area contributed by atoms with Gasteiger partial charge in [-0.1, -0.05) is 32.0 Å². The van der Waals surface area contributed by atoms with E-state index in [9.17, 15) is 4.79 Å². The maximum atomic E-state index is 12.5. The normalized spacial score (nSPS) is 14.0. The molecule has 0 aromatic heterocycles. The molecule has 3 heteroatoms. The lowest BCUT2D eigenvalue weighted by molar-refractivity contribution is -0.156. The molecular formula is C18H29NO2. The Morgan fingerprint density at radius 1 is 1.29 bits per heavy atom. The van der Waals surface area contributed by atoms with Crippen molar-refractivity contribution in [1.29, 1.82) is 0 Å². The number of carbonyl (C=O) groups excluding carboxylic acids is 1. The highest BCUT2D eigenvalue weighted by Crippen LogP contribution is 2.32. The van der Waals surface area contributed by atoms with Gasteiger partial charge in [0.05, 0.1) is 12.0 Å². The summed E-state index contributed by atoms with van der Waals surface area (Å²) in [6.07, 6.45) is 1.39. The Balaban J connectivity index is 3.10. The summed E-state index contributed by atoms with van der Waals surface area (Å²) in [4.78, 5) is 12.5. The third-order valence-electron chi connectivity index (χ3n) is 4.01. The number of rotatable bonds is 7. The standard InChI is InChI=1S/C18H29NO2/c1-6-21-17(20)18(12-19,10-13(2)3)11-16-8-7-14(4)15(5)9-16/h7-9,13H,6,10-12,19H2,1-5H3. The van der Waals surface area contributed by atoms with Crippen molar-refractivity contribution in [2.24, 2.45) is 17.1 Å². The van der Waals surface area contributed by atoms with Gasteiger partial charge in [0, 0.05) is 6.54 Å². The van der Waals surface area contributed by atoms with Crippen LogP contribution in [0.2, 0.25) is 0 Å². The lowest BCUT2D eigenvalue weighted by Gasteiger charge is -2.32. The van der Waals surface area contributed by atoms with Crippen molar-refractivity contribution in [2.75, 3.05) is 13.2 Å². The maximum absolute atomic E-state index is 12.5. The molecule has 0 saturated heterocycles. The van der Waals surface area contributed by atoms with Crippen LogP contribution in [0.1, 0.15) is 43.9 Å². The van der Waals surface area contributed by atoms with Crippen LogP contribution in [-0.2, 0) is 16.0 Å². The van der Waals surface area contributed by atoms with Crippen LogP contribution in [-0.4, -0.2) is 19.1 Å². The monoisotopic (exact) mass is 291 g/mol. The Labute approximate surface area is 128 Å². The smallest absolute Gasteiger partial charge is 0.313 e. The minimum Gasteiger partial charge on any atom is -0.466 e. The number of aryl methyl sites for hydroxylation is 2. The minimum absolute atomic E-state index is 0.167. The average Bonchev–Trinajstić information content (AvgIpc) is 2.41. The Kier molecular flexibility index (Phi) is 6.41. The molecule has 0 amide bonds. The summed E-state index contributed by atoms with van der Waals surface area (Å²) >= 11 is 0. The predicted molar refractivity (Wildman–Crippen MR) is 87.2 cm³/mol. The second kappa shape index (κ2) is 7.60. The molecule has 0 bridgehead atoms. The zero-order valence-electron chi connectivity index (χ0n) is 14.0. The van der Waals surface area contributed by atoms with E-state index in [0.717, 1.165) is 12.0 Å². The molecule has 0 aliphatic rings. The van der Waals surface area contributed by atoms with E-state index in [-0.39, 0.29) is 5.97 Å². The number of esters is 1. The molecule has 0 fully saturated rings. The summed E-state index contributed by atoms with van der Waals surface area (Å²) in [7, 11) is 0. The first-order valence-corrected chi connectivity index (χ1v) is 7.78. The lowest BCUT2D eigenvalue weighted by Crippen LogP contribution is -2.43. The lowest BCUT2D eigenvalue weighted by atomic mass is 9.75. The first-order valence-electron chi connectivity index (χ1n) is 7.78. The van der Waals surface area contributed by atoms with Crippen molar-refractivity contribution in [1.82, 2.24) is 0 Å². The predicted octanol–water partition coefficient (Wildman–Crippen LogP) is 3.40. The third kappa shape index (κ3) is 4.57. The highest BCUT2D eigenvalue weighted by atomic mass is 16.5. The number of benzene rings is 1. The second-order valence-electron chi connectivity index (χ2n) is 6.40. The molecule has 1 rings (SSSR count). The van der Waals surface area contributed by atoms with Crippen LogP contribution in [0.5, 0.6) is 0 Å². The summed E-state index contributed by atoms with van der Waals surface area (Å²) in [6, 6.07) is 6.35. The van der Waals surface area contributed by atoms with Gasteiger partial charge >= 0.3 is 5.97 Å². The largest absolute Gasteiger partial charge is 0.466 e. The Morgan fingerprint density at radius 3 is 2.43 bits per heavy atom. The van der Waals surface area contributed by atoms with Crippen LogP contribution in [0, 0.1) is 25.2 Å². The van der Waals surface area contributed by atoms with Crippen molar-refractivity contribution >= 4 is 5.97 Å². The summed E-state index contributed by atoms with van der Waals surface area (Å²) in [5, 5.41) is 0. The van der Waals surface area contributed by atoms with E-state index in [1.807, 2.05) is 6.92 Å². The molecule has 1 unspecified atom stereocenters. The van der Waals surface area contributed by atoms with Crippen LogP contribution in [0.15, 0.2) is 18.2 Å². The van der Waals surface area contributed by atoms with E-state index in [1.165, 1.54) is 11.1 Å². The van der Waals surface area contributed by atoms with E-state index in [4.69, 9.17) is 10.5 Å². The summed E-state index contributed by atoms with van der Waals surface area (Å²) in [5.41, 5.74) is 9.04. The van der Waals surface area contributed by atoms with Gasteiger partial charge in [0.1, 0.15) is 0 Å². The third-order valence-corrected chi connectivity index (χ3v) is 4.01. The summed E-state index contributed by atoms with van der Waals surface area (Å²) < 4.78 is 5.31. The molecule has 21 heavy (non-hydrogen) atoms. The van der Waals surface area contributed by atoms with Gasteiger partial charge in [0.15, 0.2) is 0 Å². The Bertz CT molecular complexity index is 482. The average molecular weight is 291 g/mol. The second-order valence-corrected chi connectivity index (χ2v) is 6.40. The number of nitrogens with two attached hydrogens (primary N) is 1. The van der Waals surface area contributed by atoms with Crippen LogP contribution in [0.25, 0.3) is 0 Å². The quantitative estimate of drug-likeness (QED) is 0.783. The number of hydrogen-bond acceptors (Lipinski definition) is 3. The van der Waals surface area contributed by atoms with Crippen molar-refractivity contribution in [2.45, 2.75) is 47.5 Å². The van der Waals surface area contributed by atoms with E-state index >= 15 is 0 Å². The van der Waals surface area contributed by atoms with Gasteiger partial charge < -0.3 is 10.5 Å². The summed E-state index contributed by atoms with van der Waals surface area (Å²) in [5.74, 6) is 0.226. The Hall–Kier alpha value is -1.35. The first kappa shape index (κ1) is 17.7. The van der Waals surface area contributed by atoms with Gasteiger partial charge in [-0.25, -0.2) is 0 Å². The molecule has 1 aromatic carbocycles. The number of ether oxygens (including phenoxy) is 1. The van der Waals surface area contributed by atoms with Crippen molar-refractivity contribution in [3.8, 4) is 0 Å². The summed E-state index contributed by atoms with van der Waals surface area (Å²) in [6.45, 7) is 11.0. The fourth-order valence-electron chi connectivity index (χ4n) is 2.84. The van der Waals surface area contributed by atoms with E-state index in [0.29, 0.717) is 25.5 Å². The van der Waals surface area contributed by atoms with Crippen molar-refractivity contribution in [3.05, 3.63) is 34.9 Å². The topological polar surface area (TPSA) is 52.3 Å². The fourth-order valence-corrected chi connectivity index (χ4v) is 2.84. The van der Waals surface area contributed by atoms with Gasteiger partial charge in [0.25, 0.3) is 0 Å². The van der Waals surface area contributed by atoms with Gasteiger partial charge in [-0.2, -0.15) is 0 Å². The zero-order chi connectivity index (χ0) is 16.0. The molecule has 0 saturated carbocycles. The highest BCUT2D eigenvalue weighted by molar-refractivity contribution is 5.77. The SMILES string of the molecule is CCOC(=O)C(CN)(Cc1ccc(C)c(C)c1)CC(C)C. The van der Waals surface area contributed by atoms with Gasteiger partial charge in [-0.05, 0) is 56.2 Å². The van der Waals surface area contributed by atoms with Crippen LogP contribution >= 0.6 is 0 Å². The molecule has 0 aliphatic heterocycles. The fraction of sp³-hybridized carbons (Fsp3) is 0.611. The highest BCUT2D eigenvalue weighted by Gasteiger charge is 2.39. The van der Waals surface area contributed by atoms with E-state index < -0.39 is 5.41 Å². The van der Waals surface area contributed by atoms with Crippen molar-refractivity contribution in [3.63, 3.8) is 0 Å². The van der Waals surface area contributed by atoms with Crippen LogP contribution < -0.4 is 5.73 Å². The minimum atomic E-state index is -0.619. The molecule has 0 heterocycles. The van der Waals surface area contributed by atoms with Gasteiger partial charge in [-0.15, -0.1) is 0 Å². The van der Waals surface area contributed by atoms with E-state index in [1.54, 1.807) is 0 Å². The molecule has 0 aliphatic carbocycles. The zero-order valence-corrected chi connectivity index (χ0v) is 14.0. The molecule has 118 valence electrons. The molecular weight excluding hydrogens is 262 g/mol. The molecule has 1 aromatic rings. The number of hydrogen-bond donors (Lipinski definition) is 1. The van der Waals surface area contributed by atoms with Crippen molar-refractivity contribution < 1.29 is 9.53 Å². The first-order chi connectivity index (χ1) is 9.84. The Morgan fingerprint density at radius 2 is 1.95 bits per heavy atom. The molecule has 0 radical (unpaired) electrons. The molecule has 3 nitrogen and oxygen atoms in total. The maximum Gasteiger partial charge on any atom is 0.313 e. The van der Waals surface area contributed by atoms with Crippen LogP contribution in [0.3, 0.4) is 0 Å². The van der Waals surface area contributed by atoms with E-state index in [2.05, 4.69) is 45.9 Å². The molecule has 0 spiro atoms. The van der Waals surface area contributed by atoms with Crippen LogP contribution in [0.4, 0.5) is 0 Å². The molecule has 2 N–H and O–H groups in total. The van der Waals surface area contributed by atoms with Gasteiger partial charge in [-0.3, -0.25) is 4.79 Å². The van der Waals surface area contributed by atoms with Gasteiger partial charge in [0.2, 0.25) is 0 Å². The molecule has 1 atom stereocenters. The number of carbonyl (C=O) groups is 1.